The van der Waals surface area contributed by atoms with Crippen LogP contribution in [0.1, 0.15) is 24.4 Å². The first kappa shape index (κ1) is 24.8. The monoisotopic (exact) mass is 531 g/mol. The Kier molecular flexibility index (Phi) is 7.38. The summed E-state index contributed by atoms with van der Waals surface area (Å²) in [5.74, 6) is 2.08. The number of rotatable bonds is 9. The molecule has 1 amide bonds. The number of aryl methyl sites for hydroxylation is 1. The second kappa shape index (κ2) is 11.0. The normalized spacial score (nSPS) is 11.9. The van der Waals surface area contributed by atoms with Crippen molar-refractivity contribution in [3.63, 3.8) is 0 Å². The Morgan fingerprint density at radius 1 is 1.03 bits per heavy atom. The lowest BCUT2D eigenvalue weighted by Gasteiger charge is -2.17. The summed E-state index contributed by atoms with van der Waals surface area (Å²) in [6.45, 7) is 3.93. The summed E-state index contributed by atoms with van der Waals surface area (Å²) >= 11 is 2.77. The van der Waals surface area contributed by atoms with Crippen molar-refractivity contribution in [1.82, 2.24) is 19.7 Å². The van der Waals surface area contributed by atoms with E-state index in [4.69, 9.17) is 9.47 Å². The lowest BCUT2D eigenvalue weighted by Crippen LogP contribution is -2.15. The van der Waals surface area contributed by atoms with E-state index >= 15 is 0 Å². The number of anilines is 1. The van der Waals surface area contributed by atoms with Gasteiger partial charge in [0.25, 0.3) is 0 Å². The number of ether oxygens (including phenoxy) is 2. The van der Waals surface area contributed by atoms with Gasteiger partial charge < -0.3 is 14.8 Å². The van der Waals surface area contributed by atoms with Gasteiger partial charge in [-0.25, -0.2) is 4.98 Å². The fourth-order valence-corrected chi connectivity index (χ4v) is 5.51. The van der Waals surface area contributed by atoms with Crippen LogP contribution in [-0.2, 0) is 4.79 Å². The molecular formula is C27H25N5O3S2. The molecule has 0 bridgehead atoms. The molecule has 1 atom stereocenters. The highest BCUT2D eigenvalue weighted by Gasteiger charge is 2.22. The van der Waals surface area contributed by atoms with E-state index in [-0.39, 0.29) is 11.7 Å². The molecule has 0 aliphatic heterocycles. The van der Waals surface area contributed by atoms with Crippen molar-refractivity contribution >= 4 is 44.4 Å². The van der Waals surface area contributed by atoms with Gasteiger partial charge in [-0.3, -0.25) is 9.36 Å². The molecule has 2 aromatic heterocycles. The van der Waals surface area contributed by atoms with Crippen LogP contribution in [0.15, 0.2) is 78.0 Å². The molecule has 0 saturated heterocycles. The molecule has 5 rings (SSSR count). The van der Waals surface area contributed by atoms with Crippen LogP contribution < -0.4 is 14.8 Å². The van der Waals surface area contributed by atoms with Gasteiger partial charge in [-0.05, 0) is 61.9 Å². The van der Waals surface area contributed by atoms with Crippen LogP contribution in [0.5, 0.6) is 11.5 Å². The number of methoxy groups -OCH3 is 1. The fourth-order valence-electron chi connectivity index (χ4n) is 3.79. The molecule has 0 saturated carbocycles. The summed E-state index contributed by atoms with van der Waals surface area (Å²) in [6.07, 6.45) is -0.393. The van der Waals surface area contributed by atoms with Crippen molar-refractivity contribution < 1.29 is 14.3 Å². The highest BCUT2D eigenvalue weighted by molar-refractivity contribution is 7.99. The van der Waals surface area contributed by atoms with E-state index in [9.17, 15) is 4.79 Å². The second-order valence-corrected chi connectivity index (χ2v) is 10.2. The number of benzene rings is 3. The average molecular weight is 532 g/mol. The average Bonchev–Trinajstić information content (AvgIpc) is 3.53. The highest BCUT2D eigenvalue weighted by atomic mass is 32.2. The van der Waals surface area contributed by atoms with Gasteiger partial charge in [0.1, 0.15) is 11.5 Å². The topological polar surface area (TPSA) is 91.2 Å². The van der Waals surface area contributed by atoms with Gasteiger partial charge in [-0.1, -0.05) is 53.4 Å². The first-order valence-electron chi connectivity index (χ1n) is 11.6. The van der Waals surface area contributed by atoms with E-state index < -0.39 is 6.10 Å². The fraction of sp³-hybridized carbons (Fsp3) is 0.185. The summed E-state index contributed by atoms with van der Waals surface area (Å²) in [4.78, 5) is 17.3. The zero-order valence-corrected chi connectivity index (χ0v) is 22.2. The molecule has 3 aromatic carbocycles. The number of para-hydroxylation sites is 2. The molecule has 188 valence electrons. The van der Waals surface area contributed by atoms with Crippen LogP contribution >= 0.6 is 23.1 Å². The number of carbonyl (C=O) groups is 1. The predicted molar refractivity (Wildman–Crippen MR) is 147 cm³/mol. The third kappa shape index (κ3) is 5.60. The highest BCUT2D eigenvalue weighted by Crippen LogP contribution is 2.30. The Balaban J connectivity index is 1.33. The Labute approximate surface area is 222 Å². The number of fused-ring (bicyclic) bond motifs is 1. The Morgan fingerprint density at radius 2 is 1.78 bits per heavy atom. The number of nitrogens with zero attached hydrogens (tertiary/aromatic N) is 4. The number of thiazole rings is 1. The van der Waals surface area contributed by atoms with Crippen LogP contribution in [0, 0.1) is 6.92 Å². The van der Waals surface area contributed by atoms with Crippen molar-refractivity contribution in [2.45, 2.75) is 25.1 Å². The molecule has 8 nitrogen and oxygen atoms in total. The molecule has 37 heavy (non-hydrogen) atoms. The van der Waals surface area contributed by atoms with E-state index in [1.54, 1.807) is 7.11 Å². The number of amides is 1. The molecule has 1 N–H and O–H groups in total. The molecule has 0 fully saturated rings. The second-order valence-electron chi connectivity index (χ2n) is 8.22. The molecule has 10 heteroatoms. The lowest BCUT2D eigenvalue weighted by atomic mass is 10.2. The minimum Gasteiger partial charge on any atom is -0.497 e. The summed E-state index contributed by atoms with van der Waals surface area (Å²) in [5, 5.41) is 12.9. The van der Waals surface area contributed by atoms with Crippen LogP contribution in [0.2, 0.25) is 0 Å². The van der Waals surface area contributed by atoms with E-state index in [1.807, 2.05) is 91.2 Å². The van der Waals surface area contributed by atoms with Crippen LogP contribution in [0.4, 0.5) is 5.13 Å². The third-order valence-electron chi connectivity index (χ3n) is 5.61. The van der Waals surface area contributed by atoms with Gasteiger partial charge in [0.15, 0.2) is 22.2 Å². The SMILES string of the molecule is COc1ccc(OC(C)c2nnc(SCC(=O)Nc3nc4c(C)cccc4s3)n2-c2ccccc2)cc1. The lowest BCUT2D eigenvalue weighted by molar-refractivity contribution is -0.113. The minimum absolute atomic E-state index is 0.159. The summed E-state index contributed by atoms with van der Waals surface area (Å²) in [6, 6.07) is 23.2. The summed E-state index contributed by atoms with van der Waals surface area (Å²) in [7, 11) is 1.63. The standard InChI is InChI=1S/C27H25N5O3S2/c1-17-8-7-11-22-24(17)29-26(37-22)28-23(33)16-36-27-31-30-25(32(27)19-9-5-4-6-10-19)18(2)35-21-14-12-20(34-3)13-15-21/h4-15,18H,16H2,1-3H3,(H,28,29,33). The predicted octanol–water partition coefficient (Wildman–Crippen LogP) is 6.06. The molecule has 0 radical (unpaired) electrons. The van der Waals surface area contributed by atoms with E-state index in [0.717, 1.165) is 27.2 Å². The van der Waals surface area contributed by atoms with Crippen molar-refractivity contribution in [3.05, 3.63) is 84.2 Å². The molecule has 1 unspecified atom stereocenters. The summed E-state index contributed by atoms with van der Waals surface area (Å²) in [5.41, 5.74) is 2.88. The Hall–Kier alpha value is -3.89. The van der Waals surface area contributed by atoms with Crippen molar-refractivity contribution in [2.24, 2.45) is 0 Å². The molecule has 0 spiro atoms. The first-order valence-corrected chi connectivity index (χ1v) is 13.4. The quantitative estimate of drug-likeness (QED) is 0.231. The van der Waals surface area contributed by atoms with Gasteiger partial charge in [0, 0.05) is 5.69 Å². The van der Waals surface area contributed by atoms with Gasteiger partial charge >= 0.3 is 0 Å². The van der Waals surface area contributed by atoms with E-state index in [1.165, 1.54) is 23.1 Å². The van der Waals surface area contributed by atoms with Gasteiger partial charge in [0.2, 0.25) is 5.91 Å². The smallest absolute Gasteiger partial charge is 0.236 e. The van der Waals surface area contributed by atoms with Crippen molar-refractivity contribution in [1.29, 1.82) is 0 Å². The van der Waals surface area contributed by atoms with Gasteiger partial charge in [-0.2, -0.15) is 0 Å². The van der Waals surface area contributed by atoms with Crippen LogP contribution in [0.3, 0.4) is 0 Å². The number of nitrogens with one attached hydrogen (secondary N) is 1. The maximum Gasteiger partial charge on any atom is 0.236 e. The maximum absolute atomic E-state index is 12.8. The van der Waals surface area contributed by atoms with E-state index in [2.05, 4.69) is 20.5 Å². The number of thioether (sulfide) groups is 1. The maximum atomic E-state index is 12.8. The van der Waals surface area contributed by atoms with Crippen LogP contribution in [0.25, 0.3) is 15.9 Å². The van der Waals surface area contributed by atoms with Crippen molar-refractivity contribution in [2.75, 3.05) is 18.2 Å². The van der Waals surface area contributed by atoms with Gasteiger partial charge in [-0.15, -0.1) is 10.2 Å². The Morgan fingerprint density at radius 3 is 2.51 bits per heavy atom. The largest absolute Gasteiger partial charge is 0.497 e. The zero-order valence-electron chi connectivity index (χ0n) is 20.5. The molecule has 0 aliphatic carbocycles. The number of carbonyl (C=O) groups excluding carboxylic acids is 1. The van der Waals surface area contributed by atoms with Crippen LogP contribution in [-0.4, -0.2) is 38.5 Å². The molecule has 5 aromatic rings. The number of hydrogen-bond acceptors (Lipinski definition) is 8. The van der Waals surface area contributed by atoms with Crippen molar-refractivity contribution in [3.8, 4) is 17.2 Å². The van der Waals surface area contributed by atoms with Gasteiger partial charge in [0.05, 0.1) is 23.1 Å². The molecule has 2 heterocycles. The first-order chi connectivity index (χ1) is 18.0. The number of aromatic nitrogens is 4. The Bertz CT molecular complexity index is 1520. The number of hydrogen-bond donors (Lipinski definition) is 1. The minimum atomic E-state index is -0.393. The summed E-state index contributed by atoms with van der Waals surface area (Å²) < 4.78 is 14.3. The van der Waals surface area contributed by atoms with E-state index in [0.29, 0.717) is 21.9 Å². The zero-order chi connectivity index (χ0) is 25.8. The third-order valence-corrected chi connectivity index (χ3v) is 7.47. The molecule has 0 aliphatic rings. The molecular weight excluding hydrogens is 506 g/mol.